The second-order valence-electron chi connectivity index (χ2n) is 2.19. The summed E-state index contributed by atoms with van der Waals surface area (Å²) < 4.78 is 4.39. The number of methoxy groups -OCH3 is 1. The van der Waals surface area contributed by atoms with Crippen LogP contribution in [0.5, 0.6) is 0 Å². The Labute approximate surface area is 61.3 Å². The molecule has 0 bridgehead atoms. The number of hydrogen-bond acceptors (Lipinski definition) is 3. The number of hydrogen-bond donors (Lipinski definition) is 0. The maximum absolute atomic E-state index is 10.5. The van der Waals surface area contributed by atoms with Gasteiger partial charge in [-0.05, 0) is 14.1 Å². The third kappa shape index (κ3) is 5.31. The van der Waals surface area contributed by atoms with Crippen LogP contribution in [0.2, 0.25) is 0 Å². The molecule has 0 aliphatic heterocycles. The summed E-state index contributed by atoms with van der Waals surface area (Å²) >= 11 is 0. The van der Waals surface area contributed by atoms with Crippen LogP contribution < -0.4 is 0 Å². The highest BCUT2D eigenvalue weighted by atomic mass is 16.5. The smallest absolute Gasteiger partial charge is 0.330 e. The molecule has 3 heteroatoms. The van der Waals surface area contributed by atoms with Crippen LogP contribution in [-0.4, -0.2) is 38.6 Å². The predicted octanol–water partition coefficient (Wildman–Crippen LogP) is 0.277. The highest BCUT2D eigenvalue weighted by Gasteiger charge is 1.89. The number of rotatable bonds is 3. The molecular formula is C7H13NO2. The molecule has 0 atom stereocenters. The fraction of sp³-hybridized carbons (Fsp3) is 0.571. The Morgan fingerprint density at radius 3 is 2.60 bits per heavy atom. The second kappa shape index (κ2) is 4.99. The van der Waals surface area contributed by atoms with Crippen molar-refractivity contribution in [1.29, 1.82) is 0 Å². The van der Waals surface area contributed by atoms with Gasteiger partial charge in [-0.1, -0.05) is 6.08 Å². The van der Waals surface area contributed by atoms with Crippen molar-refractivity contribution >= 4 is 5.97 Å². The van der Waals surface area contributed by atoms with Crippen LogP contribution >= 0.6 is 0 Å². The molecule has 0 saturated carbocycles. The number of ether oxygens (including phenoxy) is 1. The molecule has 0 amide bonds. The van der Waals surface area contributed by atoms with Crippen molar-refractivity contribution in [1.82, 2.24) is 4.90 Å². The Morgan fingerprint density at radius 2 is 2.20 bits per heavy atom. The van der Waals surface area contributed by atoms with Crippen LogP contribution in [0.3, 0.4) is 0 Å². The average molecular weight is 143 g/mol. The van der Waals surface area contributed by atoms with Gasteiger partial charge in [-0.3, -0.25) is 0 Å². The lowest BCUT2D eigenvalue weighted by Gasteiger charge is -2.02. The first-order valence-corrected chi connectivity index (χ1v) is 3.06. The molecular weight excluding hydrogens is 130 g/mol. The van der Waals surface area contributed by atoms with Crippen LogP contribution in [0.25, 0.3) is 0 Å². The van der Waals surface area contributed by atoms with Gasteiger partial charge in [0.1, 0.15) is 0 Å². The Balaban J connectivity index is 3.46. The van der Waals surface area contributed by atoms with Gasteiger partial charge in [-0.15, -0.1) is 0 Å². The molecule has 0 aromatic rings. The van der Waals surface area contributed by atoms with Crippen LogP contribution in [0.4, 0.5) is 0 Å². The summed E-state index contributed by atoms with van der Waals surface area (Å²) in [7, 11) is 5.23. The van der Waals surface area contributed by atoms with E-state index in [1.165, 1.54) is 13.2 Å². The van der Waals surface area contributed by atoms with Crippen molar-refractivity contribution in [3.63, 3.8) is 0 Å². The number of nitrogens with zero attached hydrogens (tertiary/aromatic N) is 1. The first-order valence-electron chi connectivity index (χ1n) is 3.06. The van der Waals surface area contributed by atoms with E-state index in [9.17, 15) is 4.79 Å². The van der Waals surface area contributed by atoms with Gasteiger partial charge in [0.05, 0.1) is 7.11 Å². The highest BCUT2D eigenvalue weighted by molar-refractivity contribution is 5.81. The monoisotopic (exact) mass is 143 g/mol. The van der Waals surface area contributed by atoms with Crippen LogP contribution in [0.15, 0.2) is 12.2 Å². The molecule has 0 aromatic heterocycles. The Hall–Kier alpha value is -0.830. The van der Waals surface area contributed by atoms with Gasteiger partial charge >= 0.3 is 5.97 Å². The Bertz CT molecular complexity index is 130. The lowest BCUT2D eigenvalue weighted by atomic mass is 10.5. The summed E-state index contributed by atoms with van der Waals surface area (Å²) in [5.41, 5.74) is 0. The number of carbonyl (C=O) groups excluding carboxylic acids is 1. The molecule has 0 radical (unpaired) electrons. The third-order valence-electron chi connectivity index (χ3n) is 0.926. The zero-order chi connectivity index (χ0) is 7.98. The maximum Gasteiger partial charge on any atom is 0.330 e. The normalized spacial score (nSPS) is 10.8. The van der Waals surface area contributed by atoms with Crippen molar-refractivity contribution in [2.24, 2.45) is 0 Å². The second-order valence-corrected chi connectivity index (χ2v) is 2.19. The number of likely N-dealkylation sites (N-methyl/N-ethyl adjacent to an activating group) is 1. The lowest BCUT2D eigenvalue weighted by Crippen LogP contribution is -2.11. The number of esters is 1. The third-order valence-corrected chi connectivity index (χ3v) is 0.926. The largest absolute Gasteiger partial charge is 0.466 e. The summed E-state index contributed by atoms with van der Waals surface area (Å²) in [6, 6.07) is 0. The minimum atomic E-state index is -0.304. The fourth-order valence-corrected chi connectivity index (χ4v) is 0.428. The van der Waals surface area contributed by atoms with E-state index < -0.39 is 0 Å². The fourth-order valence-electron chi connectivity index (χ4n) is 0.428. The minimum Gasteiger partial charge on any atom is -0.466 e. The van der Waals surface area contributed by atoms with Gasteiger partial charge in [0.15, 0.2) is 0 Å². The van der Waals surface area contributed by atoms with Gasteiger partial charge in [0, 0.05) is 12.6 Å². The van der Waals surface area contributed by atoms with E-state index in [2.05, 4.69) is 4.74 Å². The zero-order valence-electron chi connectivity index (χ0n) is 6.63. The quantitative estimate of drug-likeness (QED) is 0.419. The Kier molecular flexibility index (Phi) is 4.58. The summed E-state index contributed by atoms with van der Waals surface area (Å²) in [4.78, 5) is 12.4. The molecule has 0 spiro atoms. The van der Waals surface area contributed by atoms with Crippen molar-refractivity contribution in [3.8, 4) is 0 Å². The molecule has 0 rings (SSSR count). The molecule has 0 unspecified atom stereocenters. The number of carbonyl (C=O) groups is 1. The molecule has 0 fully saturated rings. The first-order chi connectivity index (χ1) is 4.66. The molecule has 0 aliphatic rings. The van der Waals surface area contributed by atoms with Crippen LogP contribution in [0.1, 0.15) is 0 Å². The van der Waals surface area contributed by atoms with E-state index in [1.807, 2.05) is 19.0 Å². The van der Waals surface area contributed by atoms with Crippen molar-refractivity contribution in [3.05, 3.63) is 12.2 Å². The molecule has 0 heterocycles. The van der Waals surface area contributed by atoms with Gasteiger partial charge < -0.3 is 9.64 Å². The lowest BCUT2D eigenvalue weighted by molar-refractivity contribution is -0.134. The van der Waals surface area contributed by atoms with E-state index in [-0.39, 0.29) is 5.97 Å². The predicted molar refractivity (Wildman–Crippen MR) is 39.7 cm³/mol. The summed E-state index contributed by atoms with van der Waals surface area (Å²) in [6.45, 7) is 0.759. The van der Waals surface area contributed by atoms with Gasteiger partial charge in [0.2, 0.25) is 0 Å². The van der Waals surface area contributed by atoms with E-state index in [4.69, 9.17) is 0 Å². The highest BCUT2D eigenvalue weighted by Crippen LogP contribution is 1.79. The first kappa shape index (κ1) is 9.17. The molecule has 0 N–H and O–H groups in total. The van der Waals surface area contributed by atoms with E-state index in [0.29, 0.717) is 0 Å². The molecule has 0 aromatic carbocycles. The Morgan fingerprint density at radius 1 is 1.60 bits per heavy atom. The van der Waals surface area contributed by atoms with E-state index in [0.717, 1.165) is 6.54 Å². The molecule has 0 aliphatic carbocycles. The molecule has 10 heavy (non-hydrogen) atoms. The zero-order valence-corrected chi connectivity index (χ0v) is 6.63. The average Bonchev–Trinajstić information content (AvgIpc) is 1.87. The van der Waals surface area contributed by atoms with Crippen molar-refractivity contribution in [2.45, 2.75) is 0 Å². The SMILES string of the molecule is COC(=O)C=CCN(C)C. The van der Waals surface area contributed by atoms with Gasteiger partial charge in [-0.2, -0.15) is 0 Å². The summed E-state index contributed by atoms with van der Waals surface area (Å²) in [6.07, 6.45) is 3.17. The van der Waals surface area contributed by atoms with E-state index >= 15 is 0 Å². The van der Waals surface area contributed by atoms with E-state index in [1.54, 1.807) is 6.08 Å². The van der Waals surface area contributed by atoms with Gasteiger partial charge in [-0.25, -0.2) is 4.79 Å². The molecule has 0 saturated heterocycles. The summed E-state index contributed by atoms with van der Waals surface area (Å²) in [5.74, 6) is -0.304. The van der Waals surface area contributed by atoms with Gasteiger partial charge in [0.25, 0.3) is 0 Å². The standard InChI is InChI=1S/C7H13NO2/c1-8(2)6-4-5-7(9)10-3/h4-5H,6H2,1-3H3. The van der Waals surface area contributed by atoms with Crippen molar-refractivity contribution in [2.75, 3.05) is 27.7 Å². The van der Waals surface area contributed by atoms with Crippen LogP contribution in [-0.2, 0) is 9.53 Å². The van der Waals surface area contributed by atoms with Crippen molar-refractivity contribution < 1.29 is 9.53 Å². The summed E-state index contributed by atoms with van der Waals surface area (Å²) in [5, 5.41) is 0. The molecule has 58 valence electrons. The topological polar surface area (TPSA) is 29.5 Å². The van der Waals surface area contributed by atoms with Crippen LogP contribution in [0, 0.1) is 0 Å². The minimum absolute atomic E-state index is 0.304. The maximum atomic E-state index is 10.5. The molecule has 3 nitrogen and oxygen atoms in total.